The van der Waals surface area contributed by atoms with Gasteiger partial charge in [-0.1, -0.05) is 19.1 Å². The van der Waals surface area contributed by atoms with Crippen LogP contribution in [0.2, 0.25) is 0 Å². The Morgan fingerprint density at radius 2 is 1.79 bits per heavy atom. The van der Waals surface area contributed by atoms with E-state index in [-0.39, 0.29) is 17.9 Å². The topological polar surface area (TPSA) is 219 Å². The molecule has 6 unspecified atom stereocenters. The van der Waals surface area contributed by atoms with E-state index in [0.29, 0.717) is 18.4 Å². The van der Waals surface area contributed by atoms with Crippen molar-refractivity contribution >= 4 is 29.2 Å². The molecule has 1 amide bonds. The maximum atomic E-state index is 14.0. The lowest BCUT2D eigenvalue weighted by Gasteiger charge is -2.60. The number of phenols is 1. The molecule has 0 aliphatic heterocycles. The first-order valence-electron chi connectivity index (χ1n) is 12.6. The lowest BCUT2D eigenvalue weighted by Crippen LogP contribution is -2.74. The Morgan fingerprint density at radius 1 is 1.13 bits per heavy atom. The fraction of sp³-hybridized carbons (Fsp3) is 0.481. The van der Waals surface area contributed by atoms with Crippen molar-refractivity contribution in [2.45, 2.75) is 43.4 Å². The Labute approximate surface area is 222 Å². The molecule has 7 atom stereocenters. The first kappa shape index (κ1) is 26.9. The highest BCUT2D eigenvalue weighted by Crippen LogP contribution is 2.60. The summed E-state index contributed by atoms with van der Waals surface area (Å²) in [5.41, 5.74) is -1.26. The Morgan fingerprint density at radius 3 is 2.36 bits per heavy atom. The molecule has 4 aliphatic carbocycles. The van der Waals surface area contributed by atoms with Crippen molar-refractivity contribution in [3.8, 4) is 5.75 Å². The summed E-state index contributed by atoms with van der Waals surface area (Å²) in [6, 6.07) is 4.41. The molecule has 2 saturated carbocycles. The minimum Gasteiger partial charge on any atom is -0.508 e. The summed E-state index contributed by atoms with van der Waals surface area (Å²) < 4.78 is 0. The number of aromatic hydroxyl groups is 1. The van der Waals surface area contributed by atoms with Gasteiger partial charge in [0.15, 0.2) is 11.4 Å². The first-order chi connectivity index (χ1) is 18.2. The van der Waals surface area contributed by atoms with Crippen LogP contribution in [-0.2, 0) is 19.2 Å². The minimum atomic E-state index is -3.03. The van der Waals surface area contributed by atoms with Crippen molar-refractivity contribution in [3.05, 3.63) is 46.2 Å². The number of hydrogen-bond acceptors (Lipinski definition) is 10. The van der Waals surface area contributed by atoms with Crippen LogP contribution in [-0.4, -0.2) is 83.9 Å². The van der Waals surface area contributed by atoms with Crippen LogP contribution in [0.3, 0.4) is 0 Å². The fourth-order valence-corrected chi connectivity index (χ4v) is 7.17. The number of benzene rings is 1. The monoisotopic (exact) mass is 542 g/mol. The smallest absolute Gasteiger partial charge is 0.306 e. The number of phenolic OH excluding ortho intramolecular Hbond substituents is 1. The van der Waals surface area contributed by atoms with Gasteiger partial charge in [0.25, 0.3) is 5.91 Å². The highest BCUT2D eigenvalue weighted by atomic mass is 16.4. The third kappa shape index (κ3) is 3.34. The number of nitrogens with two attached hydrogens (primary N) is 1. The number of rotatable bonds is 5. The molecule has 0 heterocycles. The predicted octanol–water partition coefficient (Wildman–Crippen LogP) is 0.326. The van der Waals surface area contributed by atoms with Gasteiger partial charge >= 0.3 is 5.97 Å². The molecule has 0 spiro atoms. The molecular formula is C27H30N2O10. The fourth-order valence-electron chi connectivity index (χ4n) is 7.17. The number of carboxylic acid groups (broad SMARTS) is 1. The van der Waals surface area contributed by atoms with Gasteiger partial charge < -0.3 is 36.4 Å². The number of nitrogens with zero attached hydrogens (tertiary/aromatic N) is 1. The molecular weight excluding hydrogens is 512 g/mol. The van der Waals surface area contributed by atoms with Crippen molar-refractivity contribution in [1.82, 2.24) is 4.90 Å². The highest BCUT2D eigenvalue weighted by Gasteiger charge is 2.71. The normalized spacial score (nSPS) is 35.8. The lowest BCUT2D eigenvalue weighted by atomic mass is 9.52. The second-order valence-electron chi connectivity index (χ2n) is 11.1. The second kappa shape index (κ2) is 8.63. The first-order valence-corrected chi connectivity index (χ1v) is 12.6. The number of carbonyl (C=O) groups is 4. The van der Waals surface area contributed by atoms with E-state index in [0.717, 1.165) is 0 Å². The highest BCUT2D eigenvalue weighted by molar-refractivity contribution is 6.23. The summed E-state index contributed by atoms with van der Waals surface area (Å²) in [6.07, 6.45) is 0.217. The molecule has 39 heavy (non-hydrogen) atoms. The molecule has 0 saturated heterocycles. The van der Waals surface area contributed by atoms with Crippen molar-refractivity contribution < 1.29 is 49.8 Å². The number of primary amides is 1. The second-order valence-corrected chi connectivity index (χ2v) is 11.1. The standard InChI is InChI=1S/C27H30N2O10/c1-10-12-4-3-5-14(30)17(12)21(32)19-20(10)27(39,29(2)9-11-6-7-13(11)25(36)37)16-8-15(31)18(24(28)35)22(33)26(16,38)23(19)34/h3-5,10-11,13,16,20,30,32-33,38-39H,6-9H2,1-2H3,(H2,28,35)(H,36,37)/t10?,11?,13?,16?,20?,26-,27?/m0/s1. The van der Waals surface area contributed by atoms with E-state index in [4.69, 9.17) is 5.73 Å². The summed E-state index contributed by atoms with van der Waals surface area (Å²) in [6.45, 7) is 1.63. The van der Waals surface area contributed by atoms with Crippen LogP contribution < -0.4 is 5.73 Å². The molecule has 1 aromatic rings. The number of amides is 1. The quantitative estimate of drug-likeness (QED) is 0.198. The average Bonchev–Trinajstić information content (AvgIpc) is 2.83. The zero-order chi connectivity index (χ0) is 28.8. The van der Waals surface area contributed by atoms with Crippen LogP contribution >= 0.6 is 0 Å². The number of aliphatic hydroxyl groups excluding tert-OH is 2. The summed E-state index contributed by atoms with van der Waals surface area (Å²) in [4.78, 5) is 52.1. The molecule has 0 aromatic heterocycles. The summed E-state index contributed by atoms with van der Waals surface area (Å²) in [7, 11) is 1.45. The van der Waals surface area contributed by atoms with Crippen LogP contribution in [0.15, 0.2) is 35.1 Å². The predicted molar refractivity (Wildman–Crippen MR) is 133 cm³/mol. The Hall–Kier alpha value is -3.74. The zero-order valence-electron chi connectivity index (χ0n) is 21.3. The van der Waals surface area contributed by atoms with Crippen LogP contribution in [0.25, 0.3) is 5.76 Å². The van der Waals surface area contributed by atoms with Gasteiger partial charge in [-0.15, -0.1) is 0 Å². The Balaban J connectivity index is 1.77. The van der Waals surface area contributed by atoms with Gasteiger partial charge in [0.05, 0.1) is 17.4 Å². The number of carboxylic acids is 1. The Bertz CT molecular complexity index is 1400. The van der Waals surface area contributed by atoms with E-state index in [1.807, 2.05) is 0 Å². The number of carbonyl (C=O) groups excluding carboxylic acids is 3. The van der Waals surface area contributed by atoms with E-state index in [9.17, 15) is 49.8 Å². The van der Waals surface area contributed by atoms with Crippen LogP contribution in [0, 0.1) is 23.7 Å². The third-order valence-corrected chi connectivity index (χ3v) is 9.30. The summed E-state index contributed by atoms with van der Waals surface area (Å²) in [5.74, 6) is -11.9. The van der Waals surface area contributed by atoms with Gasteiger partial charge in [-0.2, -0.15) is 0 Å². The molecule has 12 heteroatoms. The van der Waals surface area contributed by atoms with Crippen molar-refractivity contribution in [1.29, 1.82) is 0 Å². The van der Waals surface area contributed by atoms with E-state index in [2.05, 4.69) is 0 Å². The van der Waals surface area contributed by atoms with Gasteiger partial charge in [-0.3, -0.25) is 24.1 Å². The molecule has 5 rings (SSSR count). The number of hydrogen-bond donors (Lipinski definition) is 7. The molecule has 208 valence electrons. The molecule has 2 fully saturated rings. The van der Waals surface area contributed by atoms with Crippen molar-refractivity contribution in [2.75, 3.05) is 13.6 Å². The van der Waals surface area contributed by atoms with E-state index >= 15 is 0 Å². The average molecular weight is 543 g/mol. The number of aliphatic hydroxyl groups is 4. The van der Waals surface area contributed by atoms with Crippen LogP contribution in [0.4, 0.5) is 0 Å². The summed E-state index contributed by atoms with van der Waals surface area (Å²) >= 11 is 0. The molecule has 8 N–H and O–H groups in total. The zero-order valence-corrected chi connectivity index (χ0v) is 21.3. The SMILES string of the molecule is CC1c2cccc(O)c2C(O)=C2C(=O)[C@@]3(O)C(O)=C(C(N)=O)C(=O)CC3C(O)(N(C)CC3CCC3C(=O)O)C21. The molecule has 12 nitrogen and oxygen atoms in total. The number of aliphatic carboxylic acids is 1. The number of fused-ring (bicyclic) bond motifs is 3. The largest absolute Gasteiger partial charge is 0.508 e. The van der Waals surface area contributed by atoms with E-state index in [1.54, 1.807) is 13.0 Å². The van der Waals surface area contributed by atoms with Gasteiger partial charge in [-0.25, -0.2) is 0 Å². The maximum Gasteiger partial charge on any atom is 0.306 e. The van der Waals surface area contributed by atoms with Crippen LogP contribution in [0.1, 0.15) is 43.2 Å². The van der Waals surface area contributed by atoms with Crippen LogP contribution in [0.5, 0.6) is 5.75 Å². The summed E-state index contributed by atoms with van der Waals surface area (Å²) in [5, 5.41) is 66.9. The minimum absolute atomic E-state index is 0.0141. The molecule has 4 aliphatic rings. The van der Waals surface area contributed by atoms with E-state index in [1.165, 1.54) is 24.1 Å². The molecule has 1 aromatic carbocycles. The van der Waals surface area contributed by atoms with Crippen molar-refractivity contribution in [2.24, 2.45) is 29.4 Å². The number of ketones is 2. The van der Waals surface area contributed by atoms with Gasteiger partial charge in [0, 0.05) is 24.5 Å². The van der Waals surface area contributed by atoms with Gasteiger partial charge in [0.1, 0.15) is 28.6 Å². The third-order valence-electron chi connectivity index (χ3n) is 9.30. The maximum absolute atomic E-state index is 14.0. The van der Waals surface area contributed by atoms with Gasteiger partial charge in [-0.05, 0) is 43.4 Å². The van der Waals surface area contributed by atoms with Crippen molar-refractivity contribution in [3.63, 3.8) is 0 Å². The molecule has 0 bridgehead atoms. The molecule has 0 radical (unpaired) electrons. The Kier molecular flexibility index (Phi) is 5.94. The number of Topliss-reactive ketones (excluding diaryl/α,β-unsaturated/α-hetero) is 2. The van der Waals surface area contributed by atoms with E-state index < -0.39 is 93.4 Å². The van der Waals surface area contributed by atoms with Gasteiger partial charge in [0.2, 0.25) is 5.78 Å². The lowest BCUT2D eigenvalue weighted by molar-refractivity contribution is -0.237.